The number of carbonyl (C=O) groups is 2. The molecule has 0 saturated heterocycles. The van der Waals surface area contributed by atoms with E-state index in [1.54, 1.807) is 0 Å². The van der Waals surface area contributed by atoms with E-state index >= 15 is 0 Å². The van der Waals surface area contributed by atoms with Crippen LogP contribution in [0.5, 0.6) is 0 Å². The van der Waals surface area contributed by atoms with Crippen LogP contribution >= 0.6 is 11.8 Å². The summed E-state index contributed by atoms with van der Waals surface area (Å²) in [6.07, 6.45) is 5.04. The Balaban J connectivity index is 2.75. The predicted octanol–water partition coefficient (Wildman–Crippen LogP) is 3.38. The summed E-state index contributed by atoms with van der Waals surface area (Å²) in [5.74, 6) is -0.189. The van der Waals surface area contributed by atoms with Gasteiger partial charge in [-0.15, -0.1) is 0 Å². The van der Waals surface area contributed by atoms with Gasteiger partial charge in [0, 0.05) is 22.1 Å². The van der Waals surface area contributed by atoms with Crippen molar-refractivity contribution in [1.82, 2.24) is 5.32 Å². The first-order chi connectivity index (χ1) is 8.60. The van der Waals surface area contributed by atoms with E-state index in [-0.39, 0.29) is 11.8 Å². The molecule has 1 heterocycles. The zero-order valence-electron chi connectivity index (χ0n) is 11.3. The van der Waals surface area contributed by atoms with Crippen LogP contribution in [0.1, 0.15) is 46.5 Å². The molecule has 4 heteroatoms. The van der Waals surface area contributed by atoms with E-state index in [1.807, 2.05) is 19.3 Å². The Hall–Kier alpha value is -1.03. The molecule has 0 spiro atoms. The minimum absolute atomic E-state index is 0.0239. The molecule has 0 aromatic rings. The fourth-order valence-electron chi connectivity index (χ4n) is 1.84. The van der Waals surface area contributed by atoms with Crippen LogP contribution in [0.25, 0.3) is 0 Å². The second-order valence-electron chi connectivity index (χ2n) is 4.59. The van der Waals surface area contributed by atoms with Crippen LogP contribution in [-0.4, -0.2) is 12.2 Å². The minimum Gasteiger partial charge on any atom is -0.325 e. The van der Waals surface area contributed by atoms with Crippen molar-refractivity contribution in [2.45, 2.75) is 46.5 Å². The molecule has 1 amide bonds. The van der Waals surface area contributed by atoms with Crippen molar-refractivity contribution in [2.75, 3.05) is 0 Å². The number of aldehydes is 1. The maximum atomic E-state index is 12.0. The lowest BCUT2D eigenvalue weighted by Gasteiger charge is -2.10. The van der Waals surface area contributed by atoms with Gasteiger partial charge in [0.1, 0.15) is 6.29 Å². The quantitative estimate of drug-likeness (QED) is 0.593. The number of thioether (sulfide) groups is 1. The first-order valence-corrected chi connectivity index (χ1v) is 7.31. The molecule has 1 rings (SSSR count). The molecule has 100 valence electrons. The standard InChI is InChI=1S/C14H21NO2S/c1-4-5-6-7-12-9-18-13(10(2)8-16)11(3)15-14(12)17/h8-10H,4-7H2,1-3H3,(H,15,17). The highest BCUT2D eigenvalue weighted by Gasteiger charge is 2.19. The van der Waals surface area contributed by atoms with E-state index in [0.29, 0.717) is 0 Å². The number of unbranched alkanes of at least 4 members (excludes halogenated alkanes) is 2. The van der Waals surface area contributed by atoms with Crippen molar-refractivity contribution in [3.63, 3.8) is 0 Å². The molecule has 0 aromatic heterocycles. The first kappa shape index (κ1) is 15.0. The third-order valence-corrected chi connectivity index (χ3v) is 4.29. The topological polar surface area (TPSA) is 46.2 Å². The number of rotatable bonds is 6. The van der Waals surface area contributed by atoms with Crippen LogP contribution in [-0.2, 0) is 9.59 Å². The Labute approximate surface area is 113 Å². The van der Waals surface area contributed by atoms with Gasteiger partial charge in [-0.25, -0.2) is 0 Å². The molecule has 1 N–H and O–H groups in total. The number of nitrogens with one attached hydrogen (secondary N) is 1. The average molecular weight is 267 g/mol. The molecule has 0 saturated carbocycles. The lowest BCUT2D eigenvalue weighted by molar-refractivity contribution is -0.117. The number of hydrogen-bond donors (Lipinski definition) is 1. The second kappa shape index (κ2) is 7.41. The Kier molecular flexibility index (Phi) is 6.19. The molecule has 1 unspecified atom stereocenters. The van der Waals surface area contributed by atoms with Crippen LogP contribution in [0.4, 0.5) is 0 Å². The van der Waals surface area contributed by atoms with Gasteiger partial charge in [0.05, 0.1) is 0 Å². The SMILES string of the molecule is CCCCCC1=CSC(C(C)C=O)=C(C)NC1=O. The summed E-state index contributed by atoms with van der Waals surface area (Å²) in [5, 5.41) is 4.78. The van der Waals surface area contributed by atoms with Crippen molar-refractivity contribution in [3.8, 4) is 0 Å². The van der Waals surface area contributed by atoms with Gasteiger partial charge in [-0.05, 0) is 25.2 Å². The Morgan fingerprint density at radius 2 is 2.17 bits per heavy atom. The third kappa shape index (κ3) is 4.02. The summed E-state index contributed by atoms with van der Waals surface area (Å²) in [6, 6.07) is 0. The fourth-order valence-corrected chi connectivity index (χ4v) is 2.83. The number of amides is 1. The Morgan fingerprint density at radius 3 is 2.78 bits per heavy atom. The molecule has 0 bridgehead atoms. The molecule has 1 atom stereocenters. The van der Waals surface area contributed by atoms with E-state index in [2.05, 4.69) is 12.2 Å². The maximum absolute atomic E-state index is 12.0. The smallest absolute Gasteiger partial charge is 0.251 e. The molecular weight excluding hydrogens is 246 g/mol. The van der Waals surface area contributed by atoms with Gasteiger partial charge in [0.2, 0.25) is 0 Å². The summed E-state index contributed by atoms with van der Waals surface area (Å²) in [7, 11) is 0. The molecule has 3 nitrogen and oxygen atoms in total. The number of allylic oxidation sites excluding steroid dienone is 2. The van der Waals surface area contributed by atoms with Gasteiger partial charge in [0.15, 0.2) is 0 Å². The lowest BCUT2D eigenvalue weighted by Crippen LogP contribution is -2.23. The van der Waals surface area contributed by atoms with Gasteiger partial charge in [-0.1, -0.05) is 38.5 Å². The largest absolute Gasteiger partial charge is 0.325 e. The maximum Gasteiger partial charge on any atom is 0.251 e. The van der Waals surface area contributed by atoms with E-state index in [1.165, 1.54) is 11.8 Å². The molecular formula is C14H21NO2S. The van der Waals surface area contributed by atoms with E-state index < -0.39 is 0 Å². The second-order valence-corrected chi connectivity index (χ2v) is 5.50. The first-order valence-electron chi connectivity index (χ1n) is 6.43. The van der Waals surface area contributed by atoms with E-state index in [4.69, 9.17) is 0 Å². The van der Waals surface area contributed by atoms with E-state index in [9.17, 15) is 9.59 Å². The minimum atomic E-state index is -0.165. The van der Waals surface area contributed by atoms with Crippen molar-refractivity contribution in [2.24, 2.45) is 5.92 Å². The molecule has 1 aliphatic rings. The highest BCUT2D eigenvalue weighted by Crippen LogP contribution is 2.31. The average Bonchev–Trinajstić information content (AvgIpc) is 2.48. The number of hydrogen-bond acceptors (Lipinski definition) is 3. The van der Waals surface area contributed by atoms with Crippen molar-refractivity contribution in [1.29, 1.82) is 0 Å². The zero-order chi connectivity index (χ0) is 13.5. The summed E-state index contributed by atoms with van der Waals surface area (Å²) in [4.78, 5) is 23.7. The highest BCUT2D eigenvalue weighted by atomic mass is 32.2. The summed E-state index contributed by atoms with van der Waals surface area (Å²) in [5.41, 5.74) is 1.62. The number of carbonyl (C=O) groups excluding carboxylic acids is 2. The summed E-state index contributed by atoms with van der Waals surface area (Å²) >= 11 is 1.50. The van der Waals surface area contributed by atoms with Gasteiger partial charge in [-0.3, -0.25) is 4.79 Å². The van der Waals surface area contributed by atoms with E-state index in [0.717, 1.165) is 48.1 Å². The molecule has 0 radical (unpaired) electrons. The molecule has 18 heavy (non-hydrogen) atoms. The summed E-state index contributed by atoms with van der Waals surface area (Å²) < 4.78 is 0. The zero-order valence-corrected chi connectivity index (χ0v) is 12.1. The Bertz CT molecular complexity index is 385. The third-order valence-electron chi connectivity index (χ3n) is 2.96. The van der Waals surface area contributed by atoms with Gasteiger partial charge < -0.3 is 10.1 Å². The summed E-state index contributed by atoms with van der Waals surface area (Å²) in [6.45, 7) is 5.84. The van der Waals surface area contributed by atoms with Crippen LogP contribution in [0.15, 0.2) is 21.6 Å². The molecule has 0 aliphatic carbocycles. The Morgan fingerprint density at radius 1 is 1.44 bits per heavy atom. The molecule has 0 fully saturated rings. The molecule has 1 aliphatic heterocycles. The van der Waals surface area contributed by atoms with Gasteiger partial charge in [0.25, 0.3) is 5.91 Å². The lowest BCUT2D eigenvalue weighted by atomic mass is 10.1. The van der Waals surface area contributed by atoms with Gasteiger partial charge >= 0.3 is 0 Å². The van der Waals surface area contributed by atoms with Gasteiger partial charge in [-0.2, -0.15) is 0 Å². The fraction of sp³-hybridized carbons (Fsp3) is 0.571. The van der Waals surface area contributed by atoms with Crippen LogP contribution in [0.3, 0.4) is 0 Å². The highest BCUT2D eigenvalue weighted by molar-refractivity contribution is 8.05. The van der Waals surface area contributed by atoms with Crippen LogP contribution in [0.2, 0.25) is 0 Å². The van der Waals surface area contributed by atoms with Crippen LogP contribution in [0, 0.1) is 5.92 Å². The molecule has 0 aromatic carbocycles. The predicted molar refractivity (Wildman–Crippen MR) is 75.9 cm³/mol. The van der Waals surface area contributed by atoms with Crippen molar-refractivity contribution < 1.29 is 9.59 Å². The van der Waals surface area contributed by atoms with Crippen molar-refractivity contribution in [3.05, 3.63) is 21.6 Å². The van der Waals surface area contributed by atoms with Crippen LogP contribution < -0.4 is 5.32 Å². The monoisotopic (exact) mass is 267 g/mol. The van der Waals surface area contributed by atoms with Crippen molar-refractivity contribution >= 4 is 24.0 Å². The normalized spacial score (nSPS) is 17.9.